The van der Waals surface area contributed by atoms with Gasteiger partial charge in [0.05, 0.1) is 10.0 Å². The van der Waals surface area contributed by atoms with Crippen LogP contribution in [0.5, 0.6) is 5.75 Å². The van der Waals surface area contributed by atoms with Crippen LogP contribution >= 0.6 is 34.5 Å². The molecule has 19 heavy (non-hydrogen) atoms. The van der Waals surface area contributed by atoms with Crippen LogP contribution in [-0.2, 0) is 6.61 Å². The summed E-state index contributed by atoms with van der Waals surface area (Å²) in [5, 5.41) is 11.5. The number of thiophene rings is 1. The van der Waals surface area contributed by atoms with Gasteiger partial charge in [-0.15, -0.1) is 11.3 Å². The molecule has 1 heterocycles. The highest BCUT2D eigenvalue weighted by molar-refractivity contribution is 7.10. The van der Waals surface area contributed by atoms with Gasteiger partial charge in [0, 0.05) is 15.8 Å². The molecule has 0 spiro atoms. The molecule has 0 aliphatic carbocycles. The maximum atomic E-state index is 8.62. The number of aliphatic hydroxyl groups is 1. The number of halogens is 2. The van der Waals surface area contributed by atoms with E-state index in [2.05, 4.69) is 11.8 Å². The average molecular weight is 313 g/mol. The van der Waals surface area contributed by atoms with Crippen molar-refractivity contribution in [3.8, 4) is 17.6 Å². The monoisotopic (exact) mass is 312 g/mol. The van der Waals surface area contributed by atoms with E-state index in [-0.39, 0.29) is 6.61 Å². The first-order chi connectivity index (χ1) is 9.20. The fraction of sp³-hybridized carbons (Fsp3) is 0.143. The van der Waals surface area contributed by atoms with Crippen molar-refractivity contribution in [2.24, 2.45) is 0 Å². The average Bonchev–Trinajstić information content (AvgIpc) is 2.84. The standard InChI is InChI=1S/C14H10Cl2O2S/c15-12-4-1-5-13(16)14(12)18-8-11-7-10(9-19-11)3-2-6-17/h1,4-5,7,9,17H,6,8H2. The van der Waals surface area contributed by atoms with Crippen LogP contribution in [0.25, 0.3) is 0 Å². The molecule has 0 saturated heterocycles. The van der Waals surface area contributed by atoms with Crippen molar-refractivity contribution in [3.63, 3.8) is 0 Å². The Morgan fingerprint density at radius 3 is 2.68 bits per heavy atom. The van der Waals surface area contributed by atoms with Gasteiger partial charge in [-0.2, -0.15) is 0 Å². The molecule has 0 aliphatic rings. The molecule has 2 aromatic rings. The van der Waals surface area contributed by atoms with Gasteiger partial charge in [-0.3, -0.25) is 0 Å². The summed E-state index contributed by atoms with van der Waals surface area (Å²) in [5.41, 5.74) is 0.864. The van der Waals surface area contributed by atoms with E-state index < -0.39 is 0 Å². The molecule has 0 bridgehead atoms. The van der Waals surface area contributed by atoms with Crippen molar-refractivity contribution in [3.05, 3.63) is 50.1 Å². The Labute approximate surface area is 125 Å². The van der Waals surface area contributed by atoms with Gasteiger partial charge in [0.2, 0.25) is 0 Å². The Balaban J connectivity index is 2.04. The summed E-state index contributed by atoms with van der Waals surface area (Å²) in [6.45, 7) is 0.242. The first-order valence-electron chi connectivity index (χ1n) is 5.44. The van der Waals surface area contributed by atoms with Gasteiger partial charge < -0.3 is 9.84 Å². The summed E-state index contributed by atoms with van der Waals surface area (Å²) >= 11 is 13.6. The normalized spacial score (nSPS) is 9.84. The first-order valence-corrected chi connectivity index (χ1v) is 7.08. The molecule has 0 aliphatic heterocycles. The van der Waals surface area contributed by atoms with Crippen molar-refractivity contribution < 1.29 is 9.84 Å². The number of ether oxygens (including phenoxy) is 1. The van der Waals surface area contributed by atoms with Crippen LogP contribution in [0.3, 0.4) is 0 Å². The highest BCUT2D eigenvalue weighted by Gasteiger charge is 2.07. The lowest BCUT2D eigenvalue weighted by Crippen LogP contribution is -1.94. The van der Waals surface area contributed by atoms with E-state index in [4.69, 9.17) is 33.0 Å². The molecule has 98 valence electrons. The van der Waals surface area contributed by atoms with Crippen LogP contribution in [0.2, 0.25) is 10.0 Å². The summed E-state index contributed by atoms with van der Waals surface area (Å²) in [4.78, 5) is 1.01. The summed E-state index contributed by atoms with van der Waals surface area (Å²) < 4.78 is 5.62. The molecule has 0 atom stereocenters. The van der Waals surface area contributed by atoms with E-state index in [0.29, 0.717) is 22.4 Å². The predicted octanol–water partition coefficient (Wildman–Crippen LogP) is 3.98. The van der Waals surface area contributed by atoms with E-state index >= 15 is 0 Å². The topological polar surface area (TPSA) is 29.5 Å². The van der Waals surface area contributed by atoms with E-state index in [1.54, 1.807) is 18.2 Å². The molecule has 2 nitrogen and oxygen atoms in total. The van der Waals surface area contributed by atoms with E-state index in [9.17, 15) is 0 Å². The smallest absolute Gasteiger partial charge is 0.157 e. The molecule has 0 unspecified atom stereocenters. The van der Waals surface area contributed by atoms with E-state index in [1.165, 1.54) is 11.3 Å². The minimum atomic E-state index is -0.142. The van der Waals surface area contributed by atoms with Gasteiger partial charge in [-0.1, -0.05) is 41.1 Å². The molecule has 0 saturated carbocycles. The van der Waals surface area contributed by atoms with Gasteiger partial charge in [0.25, 0.3) is 0 Å². The minimum Gasteiger partial charge on any atom is -0.485 e. The van der Waals surface area contributed by atoms with Crippen molar-refractivity contribution in [2.45, 2.75) is 6.61 Å². The molecule has 1 aromatic heterocycles. The minimum absolute atomic E-state index is 0.142. The molecular weight excluding hydrogens is 303 g/mol. The molecule has 0 amide bonds. The van der Waals surface area contributed by atoms with E-state index in [0.717, 1.165) is 10.4 Å². The van der Waals surface area contributed by atoms with Gasteiger partial charge in [-0.25, -0.2) is 0 Å². The molecule has 1 aromatic carbocycles. The maximum Gasteiger partial charge on any atom is 0.157 e. The van der Waals surface area contributed by atoms with Crippen LogP contribution in [-0.4, -0.2) is 11.7 Å². The molecule has 0 fully saturated rings. The molecule has 5 heteroatoms. The SMILES string of the molecule is OCC#Cc1csc(COc2c(Cl)cccc2Cl)c1. The third kappa shape index (κ3) is 3.89. The third-order valence-electron chi connectivity index (χ3n) is 2.24. The van der Waals surface area contributed by atoms with Crippen LogP contribution in [0, 0.1) is 11.8 Å². The quantitative estimate of drug-likeness (QED) is 0.869. The second-order valence-electron chi connectivity index (χ2n) is 3.60. The second-order valence-corrected chi connectivity index (χ2v) is 5.41. The zero-order valence-electron chi connectivity index (χ0n) is 9.82. The largest absolute Gasteiger partial charge is 0.485 e. The summed E-state index contributed by atoms with van der Waals surface area (Å²) in [5.74, 6) is 5.93. The Hall–Kier alpha value is -1.18. The third-order valence-corrected chi connectivity index (χ3v) is 3.75. The predicted molar refractivity (Wildman–Crippen MR) is 79.1 cm³/mol. The van der Waals surface area contributed by atoms with Crippen molar-refractivity contribution in [1.82, 2.24) is 0 Å². The summed E-state index contributed by atoms with van der Waals surface area (Å²) in [6, 6.07) is 7.15. The summed E-state index contributed by atoms with van der Waals surface area (Å²) in [6.07, 6.45) is 0. The Morgan fingerprint density at radius 2 is 2.00 bits per heavy atom. The zero-order valence-corrected chi connectivity index (χ0v) is 12.1. The van der Waals surface area contributed by atoms with Crippen LogP contribution in [0.1, 0.15) is 10.4 Å². The number of aliphatic hydroxyl groups excluding tert-OH is 1. The molecule has 1 N–H and O–H groups in total. The second kappa shape index (κ2) is 6.83. The van der Waals surface area contributed by atoms with Crippen molar-refractivity contribution >= 4 is 34.5 Å². The van der Waals surface area contributed by atoms with Gasteiger partial charge in [-0.05, 0) is 18.2 Å². The van der Waals surface area contributed by atoms with Gasteiger partial charge >= 0.3 is 0 Å². The highest BCUT2D eigenvalue weighted by atomic mass is 35.5. The molecular formula is C14H10Cl2O2S. The number of benzene rings is 1. The lowest BCUT2D eigenvalue weighted by Gasteiger charge is -2.08. The Bertz CT molecular complexity index is 606. The number of hydrogen-bond donors (Lipinski definition) is 1. The van der Waals surface area contributed by atoms with Crippen molar-refractivity contribution in [2.75, 3.05) is 6.61 Å². The maximum absolute atomic E-state index is 8.62. The van der Waals surface area contributed by atoms with Crippen LogP contribution < -0.4 is 4.74 Å². The summed E-state index contributed by atoms with van der Waals surface area (Å²) in [7, 11) is 0. The van der Waals surface area contributed by atoms with Gasteiger partial charge in [0.1, 0.15) is 13.2 Å². The van der Waals surface area contributed by atoms with Crippen LogP contribution in [0.4, 0.5) is 0 Å². The number of rotatable bonds is 3. The number of para-hydroxylation sites is 1. The fourth-order valence-corrected chi connectivity index (χ4v) is 2.66. The lowest BCUT2D eigenvalue weighted by molar-refractivity contribution is 0.310. The van der Waals surface area contributed by atoms with E-state index in [1.807, 2.05) is 11.4 Å². The Kier molecular flexibility index (Phi) is 5.12. The molecule has 0 radical (unpaired) electrons. The fourth-order valence-electron chi connectivity index (χ4n) is 1.43. The van der Waals surface area contributed by atoms with Crippen molar-refractivity contribution in [1.29, 1.82) is 0 Å². The molecule has 2 rings (SSSR count). The first kappa shape index (κ1) is 14.2. The Morgan fingerprint density at radius 1 is 1.26 bits per heavy atom. The number of hydrogen-bond acceptors (Lipinski definition) is 3. The highest BCUT2D eigenvalue weighted by Crippen LogP contribution is 2.33. The zero-order chi connectivity index (χ0) is 13.7. The van der Waals surface area contributed by atoms with Gasteiger partial charge in [0.15, 0.2) is 5.75 Å². The lowest BCUT2D eigenvalue weighted by atomic mass is 10.3. The van der Waals surface area contributed by atoms with Crippen LogP contribution in [0.15, 0.2) is 29.6 Å².